The van der Waals surface area contributed by atoms with E-state index < -0.39 is 23.9 Å². The second kappa shape index (κ2) is 5.20. The Hall–Kier alpha value is -1.98. The summed E-state index contributed by atoms with van der Waals surface area (Å²) in [5, 5.41) is 11.1. The van der Waals surface area contributed by atoms with Gasteiger partial charge in [-0.2, -0.15) is 4.39 Å². The summed E-state index contributed by atoms with van der Waals surface area (Å²) in [6, 6.07) is 1.55. The predicted octanol–water partition coefficient (Wildman–Crippen LogP) is 0.352. The zero-order chi connectivity index (χ0) is 12.1. The summed E-state index contributed by atoms with van der Waals surface area (Å²) in [5.74, 6) is -2.20. The van der Waals surface area contributed by atoms with Crippen LogP contribution in [0, 0.1) is 5.95 Å². The molecule has 1 heterocycles. The highest BCUT2D eigenvalue weighted by molar-refractivity contribution is 5.82. The minimum atomic E-state index is -1.14. The topological polar surface area (TPSA) is 79.3 Å². The predicted molar refractivity (Wildman–Crippen MR) is 53.1 cm³/mol. The van der Waals surface area contributed by atoms with Crippen LogP contribution in [0.5, 0.6) is 0 Å². The number of halogens is 1. The fourth-order valence-electron chi connectivity index (χ4n) is 1.21. The highest BCUT2D eigenvalue weighted by Crippen LogP contribution is 2.03. The molecule has 1 aromatic rings. The number of carbonyl (C=O) groups excluding carboxylic acids is 1. The van der Waals surface area contributed by atoms with Crippen LogP contribution in [0.25, 0.3) is 0 Å². The Morgan fingerprint density at radius 3 is 2.69 bits per heavy atom. The Morgan fingerprint density at radius 2 is 2.25 bits per heavy atom. The molecule has 0 aromatic carbocycles. The quantitative estimate of drug-likeness (QED) is 0.726. The van der Waals surface area contributed by atoms with Gasteiger partial charge in [0.15, 0.2) is 0 Å². The number of carbonyl (C=O) groups is 2. The van der Waals surface area contributed by atoms with Crippen molar-refractivity contribution in [3.8, 4) is 0 Å². The average Bonchev–Trinajstić information content (AvgIpc) is 2.19. The fraction of sp³-hybridized carbons (Fsp3) is 0.300. The summed E-state index contributed by atoms with van der Waals surface area (Å²) in [4.78, 5) is 24.9. The number of hydrogen-bond donors (Lipinski definition) is 2. The maximum atomic E-state index is 12.5. The Labute approximate surface area is 91.3 Å². The Balaban J connectivity index is 2.71. The molecule has 0 radical (unpaired) electrons. The van der Waals surface area contributed by atoms with E-state index in [9.17, 15) is 14.0 Å². The van der Waals surface area contributed by atoms with Crippen LogP contribution in [-0.2, 0) is 16.0 Å². The van der Waals surface area contributed by atoms with Gasteiger partial charge < -0.3 is 10.4 Å². The molecule has 86 valence electrons. The summed E-state index contributed by atoms with van der Waals surface area (Å²) in [6.45, 7) is 1.23. The van der Waals surface area contributed by atoms with Crippen molar-refractivity contribution >= 4 is 11.9 Å². The number of carboxylic acids is 1. The zero-order valence-electron chi connectivity index (χ0n) is 8.61. The molecule has 0 aliphatic rings. The molecule has 2 N–H and O–H groups in total. The molecule has 0 bridgehead atoms. The molecule has 0 aliphatic carbocycles. The van der Waals surface area contributed by atoms with Crippen LogP contribution < -0.4 is 5.32 Å². The van der Waals surface area contributed by atoms with Gasteiger partial charge in [0.1, 0.15) is 6.04 Å². The molecule has 1 rings (SSSR count). The zero-order valence-corrected chi connectivity index (χ0v) is 8.61. The van der Waals surface area contributed by atoms with E-state index in [1.807, 2.05) is 0 Å². The van der Waals surface area contributed by atoms with Gasteiger partial charge >= 0.3 is 5.97 Å². The smallest absolute Gasteiger partial charge is 0.326 e. The number of nitrogens with one attached hydrogen (secondary N) is 1. The first kappa shape index (κ1) is 12.1. The van der Waals surface area contributed by atoms with Crippen molar-refractivity contribution in [2.45, 2.75) is 19.4 Å². The van der Waals surface area contributed by atoms with Crippen LogP contribution in [0.4, 0.5) is 4.39 Å². The maximum Gasteiger partial charge on any atom is 0.326 e. The first-order valence-corrected chi connectivity index (χ1v) is 4.59. The lowest BCUT2D eigenvalue weighted by Gasteiger charge is -2.12. The maximum absolute atomic E-state index is 12.5. The number of carboxylic acid groups (broad SMARTS) is 1. The summed E-state index contributed by atoms with van der Waals surface area (Å²) in [5.41, 5.74) is 0.544. The van der Waals surface area contributed by atoms with E-state index >= 15 is 0 Å². The number of aliphatic carboxylic acids is 1. The number of hydrogen-bond acceptors (Lipinski definition) is 3. The lowest BCUT2D eigenvalue weighted by atomic mass is 10.1. The van der Waals surface area contributed by atoms with Crippen molar-refractivity contribution in [1.82, 2.24) is 10.3 Å². The summed E-state index contributed by atoms with van der Waals surface area (Å²) in [6.07, 6.45) is 1.31. The molecule has 1 amide bonds. The van der Waals surface area contributed by atoms with E-state index in [0.717, 1.165) is 6.07 Å². The number of aromatic nitrogens is 1. The average molecular weight is 226 g/mol. The Bertz CT molecular complexity index is 392. The highest BCUT2D eigenvalue weighted by atomic mass is 19.1. The normalized spacial score (nSPS) is 11.9. The molecule has 16 heavy (non-hydrogen) atoms. The van der Waals surface area contributed by atoms with Crippen molar-refractivity contribution in [2.24, 2.45) is 0 Å². The van der Waals surface area contributed by atoms with Crippen molar-refractivity contribution in [2.75, 3.05) is 0 Å². The van der Waals surface area contributed by atoms with Crippen LogP contribution in [0.1, 0.15) is 12.5 Å². The molecule has 0 saturated heterocycles. The molecule has 1 unspecified atom stereocenters. The third kappa shape index (κ3) is 3.64. The number of pyridine rings is 1. The summed E-state index contributed by atoms with van der Waals surface area (Å²) in [7, 11) is 0. The number of amides is 1. The van der Waals surface area contributed by atoms with Gasteiger partial charge in [-0.25, -0.2) is 9.78 Å². The van der Waals surface area contributed by atoms with Gasteiger partial charge in [-0.1, -0.05) is 6.07 Å². The van der Waals surface area contributed by atoms with Gasteiger partial charge in [0, 0.05) is 19.5 Å². The molecule has 1 atom stereocenters. The summed E-state index contributed by atoms with van der Waals surface area (Å²) < 4.78 is 12.5. The molecule has 0 fully saturated rings. The second-order valence-electron chi connectivity index (χ2n) is 3.28. The molecule has 0 spiro atoms. The van der Waals surface area contributed by atoms with Gasteiger partial charge in [0.25, 0.3) is 0 Å². The molecule has 1 aromatic heterocycles. The fourth-order valence-corrected chi connectivity index (χ4v) is 1.21. The Kier molecular flexibility index (Phi) is 3.93. The van der Waals surface area contributed by atoms with Crippen LogP contribution in [-0.4, -0.2) is 28.0 Å². The molecular formula is C10H11FN2O3. The molecule has 0 aliphatic heterocycles. The standard InChI is InChI=1S/C10H11FN2O3/c1-6(14)13-8(10(15)16)4-7-2-3-9(11)12-5-7/h2-3,5,8H,4H2,1H3,(H,13,14)(H,15,16). The van der Waals surface area contributed by atoms with E-state index in [2.05, 4.69) is 10.3 Å². The molecule has 5 nitrogen and oxygen atoms in total. The third-order valence-corrected chi connectivity index (χ3v) is 1.90. The monoisotopic (exact) mass is 226 g/mol. The van der Waals surface area contributed by atoms with Crippen LogP contribution in [0.3, 0.4) is 0 Å². The lowest BCUT2D eigenvalue weighted by molar-refractivity contribution is -0.141. The number of rotatable bonds is 4. The van der Waals surface area contributed by atoms with Gasteiger partial charge in [-0.15, -0.1) is 0 Å². The molecule has 6 heteroatoms. The lowest BCUT2D eigenvalue weighted by Crippen LogP contribution is -2.41. The molecular weight excluding hydrogens is 215 g/mol. The molecule has 0 saturated carbocycles. The third-order valence-electron chi connectivity index (χ3n) is 1.90. The minimum absolute atomic E-state index is 0.0716. The summed E-state index contributed by atoms with van der Waals surface area (Å²) >= 11 is 0. The van der Waals surface area contributed by atoms with Crippen molar-refractivity contribution in [3.05, 3.63) is 29.8 Å². The van der Waals surface area contributed by atoms with E-state index in [4.69, 9.17) is 5.11 Å². The van der Waals surface area contributed by atoms with Gasteiger partial charge in [0.05, 0.1) is 0 Å². The number of nitrogens with zero attached hydrogens (tertiary/aromatic N) is 1. The first-order valence-electron chi connectivity index (χ1n) is 4.59. The van der Waals surface area contributed by atoms with E-state index in [0.29, 0.717) is 5.56 Å². The van der Waals surface area contributed by atoms with Crippen molar-refractivity contribution in [3.63, 3.8) is 0 Å². The Morgan fingerprint density at radius 1 is 1.56 bits per heavy atom. The largest absolute Gasteiger partial charge is 0.480 e. The van der Waals surface area contributed by atoms with Crippen molar-refractivity contribution in [1.29, 1.82) is 0 Å². The van der Waals surface area contributed by atoms with Gasteiger partial charge in [-0.05, 0) is 11.6 Å². The van der Waals surface area contributed by atoms with Crippen LogP contribution in [0.2, 0.25) is 0 Å². The first-order chi connectivity index (χ1) is 7.49. The van der Waals surface area contributed by atoms with Crippen LogP contribution >= 0.6 is 0 Å². The van der Waals surface area contributed by atoms with Gasteiger partial charge in [0.2, 0.25) is 11.9 Å². The van der Waals surface area contributed by atoms with Gasteiger partial charge in [-0.3, -0.25) is 4.79 Å². The second-order valence-corrected chi connectivity index (χ2v) is 3.28. The SMILES string of the molecule is CC(=O)NC(Cc1ccc(F)nc1)C(=O)O. The van der Waals surface area contributed by atoms with E-state index in [1.165, 1.54) is 19.2 Å². The highest BCUT2D eigenvalue weighted by Gasteiger charge is 2.18. The van der Waals surface area contributed by atoms with Crippen LogP contribution in [0.15, 0.2) is 18.3 Å². The minimum Gasteiger partial charge on any atom is -0.480 e. The van der Waals surface area contributed by atoms with Crippen molar-refractivity contribution < 1.29 is 19.1 Å². The van der Waals surface area contributed by atoms with E-state index in [-0.39, 0.29) is 6.42 Å². The van der Waals surface area contributed by atoms with E-state index in [1.54, 1.807) is 0 Å².